The molecule has 0 aliphatic carbocycles. The monoisotopic (exact) mass is 469 g/mol. The molecular formula is C24H24ClN3O3S. The van der Waals surface area contributed by atoms with Crippen molar-refractivity contribution in [3.8, 4) is 6.07 Å². The molecular weight excluding hydrogens is 446 g/mol. The molecule has 2 aromatic rings. The number of ketones is 1. The molecule has 1 N–H and O–H groups in total. The summed E-state index contributed by atoms with van der Waals surface area (Å²) in [6.45, 7) is 11.5. The third-order valence-corrected chi connectivity index (χ3v) is 6.33. The van der Waals surface area contributed by atoms with E-state index in [1.54, 1.807) is 13.0 Å². The van der Waals surface area contributed by atoms with Crippen LogP contribution in [0.15, 0.2) is 71.8 Å². The number of aromatic nitrogens is 1. The van der Waals surface area contributed by atoms with Crippen LogP contribution >= 0.6 is 11.6 Å². The van der Waals surface area contributed by atoms with E-state index in [4.69, 9.17) is 16.9 Å². The number of benzene rings is 1. The number of hydrogen-bond acceptors (Lipinski definition) is 5. The smallest absolute Gasteiger partial charge is 0.261 e. The van der Waals surface area contributed by atoms with E-state index in [1.165, 1.54) is 48.7 Å². The Bertz CT molecular complexity index is 1260. The Kier molecular flexibility index (Phi) is 7.78. The van der Waals surface area contributed by atoms with E-state index in [1.807, 2.05) is 26.8 Å². The molecule has 0 atom stereocenters. The van der Waals surface area contributed by atoms with E-state index >= 15 is 0 Å². The Morgan fingerprint density at radius 2 is 1.91 bits per heavy atom. The van der Waals surface area contributed by atoms with Crippen LogP contribution < -0.4 is 4.72 Å². The number of sulfonamides is 1. The van der Waals surface area contributed by atoms with Gasteiger partial charge in [0, 0.05) is 22.3 Å². The lowest BCUT2D eigenvalue weighted by Crippen LogP contribution is -2.17. The average molecular weight is 470 g/mol. The summed E-state index contributed by atoms with van der Waals surface area (Å²) >= 11 is 6.07. The summed E-state index contributed by atoms with van der Waals surface area (Å²) in [6, 6.07) is 8.93. The first-order valence-electron chi connectivity index (χ1n) is 9.66. The number of anilines is 1. The van der Waals surface area contributed by atoms with Gasteiger partial charge in [-0.15, -0.1) is 0 Å². The van der Waals surface area contributed by atoms with Gasteiger partial charge in [0.25, 0.3) is 10.0 Å². The van der Waals surface area contributed by atoms with Gasteiger partial charge in [0.2, 0.25) is 0 Å². The highest BCUT2D eigenvalue weighted by atomic mass is 35.5. The van der Waals surface area contributed by atoms with E-state index in [0.29, 0.717) is 0 Å². The maximum atomic E-state index is 13.1. The van der Waals surface area contributed by atoms with E-state index in [0.717, 1.165) is 5.57 Å². The van der Waals surface area contributed by atoms with Gasteiger partial charge in [-0.2, -0.15) is 5.26 Å². The average Bonchev–Trinajstić information content (AvgIpc) is 2.73. The van der Waals surface area contributed by atoms with Gasteiger partial charge in [0.15, 0.2) is 5.78 Å². The van der Waals surface area contributed by atoms with Crippen LogP contribution in [-0.2, 0) is 10.0 Å². The summed E-state index contributed by atoms with van der Waals surface area (Å²) < 4.78 is 28.5. The number of pyridine rings is 1. The summed E-state index contributed by atoms with van der Waals surface area (Å²) in [5.41, 5.74) is 0.925. The standard InChI is InChI=1S/C24H24ClN3O3S/c1-6-20(9-7-16(2)24(3,4)5)32(30,31)28-22-10-8-18(25)14-21(22)23(29)17-11-12-27-19(13-17)15-26/h6-14,28H,2H2,1,3-5H3/b9-7-,20-6+. The molecule has 0 aliphatic heterocycles. The van der Waals surface area contributed by atoms with Crippen LogP contribution in [0.1, 0.15) is 49.3 Å². The largest absolute Gasteiger partial charge is 0.289 e. The molecule has 0 fully saturated rings. The van der Waals surface area contributed by atoms with Crippen molar-refractivity contribution in [2.24, 2.45) is 5.41 Å². The second kappa shape index (κ2) is 9.94. The Hall–Kier alpha value is -3.21. The molecule has 6 nitrogen and oxygen atoms in total. The van der Waals surface area contributed by atoms with Crippen LogP contribution in [0, 0.1) is 16.7 Å². The summed E-state index contributed by atoms with van der Waals surface area (Å²) in [6.07, 6.45) is 5.91. The zero-order chi connectivity index (χ0) is 24.1. The Balaban J connectivity index is 2.44. The summed E-state index contributed by atoms with van der Waals surface area (Å²) in [7, 11) is -4.01. The number of hydrogen-bond donors (Lipinski definition) is 1. The minimum Gasteiger partial charge on any atom is -0.289 e. The molecule has 0 aliphatic rings. The Morgan fingerprint density at radius 3 is 2.50 bits per heavy atom. The number of halogens is 1. The summed E-state index contributed by atoms with van der Waals surface area (Å²) in [4.78, 5) is 16.9. The van der Waals surface area contributed by atoms with E-state index in [9.17, 15) is 13.2 Å². The van der Waals surface area contributed by atoms with Gasteiger partial charge < -0.3 is 0 Å². The first-order valence-corrected chi connectivity index (χ1v) is 11.5. The highest BCUT2D eigenvalue weighted by Crippen LogP contribution is 2.28. The van der Waals surface area contributed by atoms with Gasteiger partial charge in [0.1, 0.15) is 11.8 Å². The zero-order valence-corrected chi connectivity index (χ0v) is 19.9. The van der Waals surface area contributed by atoms with Crippen molar-refractivity contribution in [3.05, 3.63) is 93.7 Å². The number of allylic oxidation sites excluding steroid dienone is 4. The molecule has 0 spiro atoms. The van der Waals surface area contributed by atoms with Crippen molar-refractivity contribution >= 4 is 33.1 Å². The molecule has 0 unspecified atom stereocenters. The first-order chi connectivity index (χ1) is 14.9. The summed E-state index contributed by atoms with van der Waals surface area (Å²) in [5, 5.41) is 9.30. The van der Waals surface area contributed by atoms with Crippen LogP contribution in [-0.4, -0.2) is 19.2 Å². The first kappa shape index (κ1) is 25.1. The molecule has 166 valence electrons. The summed E-state index contributed by atoms with van der Waals surface area (Å²) in [5.74, 6) is -0.497. The van der Waals surface area contributed by atoms with E-state index in [-0.39, 0.29) is 37.9 Å². The van der Waals surface area contributed by atoms with E-state index in [2.05, 4.69) is 16.3 Å². The second-order valence-electron chi connectivity index (χ2n) is 7.97. The van der Waals surface area contributed by atoms with Gasteiger partial charge >= 0.3 is 0 Å². The topological polar surface area (TPSA) is 99.9 Å². The Labute approximate surface area is 194 Å². The molecule has 1 heterocycles. The molecule has 2 rings (SSSR count). The zero-order valence-electron chi connectivity index (χ0n) is 18.3. The van der Waals surface area contributed by atoms with Crippen LogP contribution in [0.4, 0.5) is 5.69 Å². The highest BCUT2D eigenvalue weighted by molar-refractivity contribution is 7.96. The lowest BCUT2D eigenvalue weighted by Gasteiger charge is -2.19. The predicted octanol–water partition coefficient (Wildman–Crippen LogP) is 5.64. The van der Waals surface area contributed by atoms with E-state index < -0.39 is 15.8 Å². The van der Waals surface area contributed by atoms with Crippen molar-refractivity contribution < 1.29 is 13.2 Å². The lowest BCUT2D eigenvalue weighted by atomic mass is 9.87. The maximum absolute atomic E-state index is 13.1. The SMILES string of the molecule is C=C(/C=C\C(=C/C)S(=O)(=O)Nc1ccc(Cl)cc1C(=O)c1ccnc(C#N)c1)C(C)(C)C. The molecule has 1 aromatic carbocycles. The molecule has 1 aromatic heterocycles. The molecule has 0 saturated heterocycles. The van der Waals surface area contributed by atoms with Gasteiger partial charge in [-0.25, -0.2) is 13.4 Å². The van der Waals surface area contributed by atoms with Gasteiger partial charge in [-0.05, 0) is 54.3 Å². The number of carbonyl (C=O) groups is 1. The van der Waals surface area contributed by atoms with Crippen molar-refractivity contribution in [2.75, 3.05) is 4.72 Å². The Morgan fingerprint density at radius 1 is 1.22 bits per heavy atom. The molecule has 0 saturated carbocycles. The number of rotatable bonds is 7. The molecule has 8 heteroatoms. The molecule has 32 heavy (non-hydrogen) atoms. The number of carbonyl (C=O) groups excluding carboxylic acids is 1. The van der Waals surface area contributed by atoms with Gasteiger partial charge in [-0.3, -0.25) is 9.52 Å². The lowest BCUT2D eigenvalue weighted by molar-refractivity contribution is 0.103. The van der Waals surface area contributed by atoms with Crippen LogP contribution in [0.3, 0.4) is 0 Å². The number of nitrogens with zero attached hydrogens (tertiary/aromatic N) is 2. The highest BCUT2D eigenvalue weighted by Gasteiger charge is 2.21. The minimum absolute atomic E-state index is 0.0203. The number of nitriles is 1. The third kappa shape index (κ3) is 6.16. The quantitative estimate of drug-likeness (QED) is 0.417. The fraction of sp³-hybridized carbons (Fsp3) is 0.208. The third-order valence-electron chi connectivity index (χ3n) is 4.61. The fourth-order valence-electron chi connectivity index (χ4n) is 2.56. The normalized spacial score (nSPS) is 12.4. The predicted molar refractivity (Wildman–Crippen MR) is 128 cm³/mol. The molecule has 0 amide bonds. The molecule has 0 bridgehead atoms. The van der Waals surface area contributed by atoms with Crippen LogP contribution in [0.2, 0.25) is 5.02 Å². The van der Waals surface area contributed by atoms with Crippen molar-refractivity contribution in [3.63, 3.8) is 0 Å². The van der Waals surface area contributed by atoms with Crippen molar-refractivity contribution in [2.45, 2.75) is 27.7 Å². The van der Waals surface area contributed by atoms with Gasteiger partial charge in [0.05, 0.1) is 10.6 Å². The fourth-order valence-corrected chi connectivity index (χ4v) is 3.87. The second-order valence-corrected chi connectivity index (χ2v) is 10.1. The van der Waals surface area contributed by atoms with Gasteiger partial charge in [-0.1, -0.05) is 51.1 Å². The van der Waals surface area contributed by atoms with Crippen molar-refractivity contribution in [1.29, 1.82) is 5.26 Å². The number of nitrogens with one attached hydrogen (secondary N) is 1. The van der Waals surface area contributed by atoms with Crippen LogP contribution in [0.25, 0.3) is 0 Å². The van der Waals surface area contributed by atoms with Crippen molar-refractivity contribution in [1.82, 2.24) is 4.98 Å². The molecule has 0 radical (unpaired) electrons. The van der Waals surface area contributed by atoms with Crippen LogP contribution in [0.5, 0.6) is 0 Å². The minimum atomic E-state index is -4.01. The maximum Gasteiger partial charge on any atom is 0.261 e.